The molecule has 1 heterocycles. The summed E-state index contributed by atoms with van der Waals surface area (Å²) < 4.78 is 30.8. The van der Waals surface area contributed by atoms with Gasteiger partial charge in [-0.15, -0.1) is 0 Å². The molecule has 0 aliphatic rings. The van der Waals surface area contributed by atoms with Crippen LogP contribution in [-0.2, 0) is 4.74 Å². The summed E-state index contributed by atoms with van der Waals surface area (Å²) in [6.45, 7) is 0.552. The first kappa shape index (κ1) is 19.1. The average molecular weight is 435 g/mol. The van der Waals surface area contributed by atoms with Gasteiger partial charge in [-0.25, -0.2) is 4.39 Å². The van der Waals surface area contributed by atoms with Crippen molar-refractivity contribution in [3.05, 3.63) is 64.1 Å². The van der Waals surface area contributed by atoms with Crippen LogP contribution >= 0.6 is 15.9 Å². The van der Waals surface area contributed by atoms with E-state index in [1.54, 1.807) is 6.07 Å². The minimum Gasteiger partial charge on any atom is -0.488 e. The lowest BCUT2D eigenvalue weighted by molar-refractivity contribution is -0.113. The molecule has 2 aromatic carbocycles. The standard InChI is InChI=1S/C19H17BrFN3O3/c1-25-6-7-26-17-9-15(22)13(8-14(17)21)19(23)18-10-16(24-27-18)11-2-4-12(20)5-3-11/h2-5,8-10,23H,6-7,22H2,1H3/p+1. The Balaban J connectivity index is 1.83. The van der Waals surface area contributed by atoms with Gasteiger partial charge in [0.25, 0.3) is 5.71 Å². The number of nitrogens with zero attached hydrogens (tertiary/aromatic N) is 1. The van der Waals surface area contributed by atoms with Crippen molar-refractivity contribution in [1.82, 2.24) is 5.16 Å². The molecule has 0 aliphatic carbocycles. The van der Waals surface area contributed by atoms with Crippen LogP contribution in [0.25, 0.3) is 11.3 Å². The molecule has 1 aromatic heterocycles. The maximum atomic E-state index is 14.3. The molecule has 0 unspecified atom stereocenters. The summed E-state index contributed by atoms with van der Waals surface area (Å²) in [5.41, 5.74) is 8.26. The molecule has 140 valence electrons. The second kappa shape index (κ2) is 8.32. The number of rotatable bonds is 7. The molecular formula is C19H18BrFN3O3+. The van der Waals surface area contributed by atoms with Gasteiger partial charge in [-0.1, -0.05) is 33.2 Å². The van der Waals surface area contributed by atoms with Gasteiger partial charge < -0.3 is 19.7 Å². The van der Waals surface area contributed by atoms with Crippen LogP contribution in [0.5, 0.6) is 5.75 Å². The van der Waals surface area contributed by atoms with Gasteiger partial charge in [-0.2, -0.15) is 0 Å². The molecule has 0 spiro atoms. The molecule has 0 radical (unpaired) electrons. The van der Waals surface area contributed by atoms with E-state index in [4.69, 9.17) is 25.1 Å². The van der Waals surface area contributed by atoms with Crippen LogP contribution in [0.4, 0.5) is 10.1 Å². The van der Waals surface area contributed by atoms with E-state index in [0.29, 0.717) is 23.6 Å². The van der Waals surface area contributed by atoms with Crippen LogP contribution in [0.15, 0.2) is 51.5 Å². The van der Waals surface area contributed by atoms with Gasteiger partial charge in [0.05, 0.1) is 12.2 Å². The van der Waals surface area contributed by atoms with Crippen molar-refractivity contribution >= 4 is 27.3 Å². The second-order valence-electron chi connectivity index (χ2n) is 5.71. The number of methoxy groups -OCH3 is 1. The Kier molecular flexibility index (Phi) is 5.88. The normalized spacial score (nSPS) is 10.8. The van der Waals surface area contributed by atoms with Gasteiger partial charge in [-0.05, 0) is 18.2 Å². The fourth-order valence-electron chi connectivity index (χ4n) is 2.44. The average Bonchev–Trinajstić information content (AvgIpc) is 3.14. The molecule has 0 fully saturated rings. The maximum Gasteiger partial charge on any atom is 0.252 e. The third-order valence-corrected chi connectivity index (χ3v) is 4.38. The predicted octanol–water partition coefficient (Wildman–Crippen LogP) is 2.45. The Morgan fingerprint density at radius 3 is 2.67 bits per heavy atom. The SMILES string of the molecule is COCCOc1cc(N)c(C(=[NH2+])c2cc(-c3ccc(Br)cc3)no2)cc1F. The van der Waals surface area contributed by atoms with Gasteiger partial charge >= 0.3 is 0 Å². The number of ether oxygens (including phenoxy) is 2. The highest BCUT2D eigenvalue weighted by atomic mass is 79.9. The first-order chi connectivity index (χ1) is 13.0. The van der Waals surface area contributed by atoms with Gasteiger partial charge in [0.2, 0.25) is 5.76 Å². The summed E-state index contributed by atoms with van der Waals surface area (Å²) in [5.74, 6) is -0.243. The van der Waals surface area contributed by atoms with Gasteiger partial charge in [0.15, 0.2) is 11.6 Å². The molecule has 8 heteroatoms. The second-order valence-corrected chi connectivity index (χ2v) is 6.62. The smallest absolute Gasteiger partial charge is 0.252 e. The molecule has 0 bridgehead atoms. The molecule has 27 heavy (non-hydrogen) atoms. The van der Waals surface area contributed by atoms with E-state index in [0.717, 1.165) is 10.0 Å². The highest BCUT2D eigenvalue weighted by molar-refractivity contribution is 9.10. The summed E-state index contributed by atoms with van der Waals surface area (Å²) in [5, 5.41) is 10.2. The lowest BCUT2D eigenvalue weighted by atomic mass is 10.0. The van der Waals surface area contributed by atoms with Crippen molar-refractivity contribution in [2.45, 2.75) is 0 Å². The molecule has 0 saturated carbocycles. The van der Waals surface area contributed by atoms with E-state index in [9.17, 15) is 4.39 Å². The van der Waals surface area contributed by atoms with E-state index >= 15 is 0 Å². The van der Waals surface area contributed by atoms with Gasteiger partial charge in [-0.3, -0.25) is 5.41 Å². The lowest BCUT2D eigenvalue weighted by Gasteiger charge is -2.09. The van der Waals surface area contributed by atoms with Gasteiger partial charge in [0, 0.05) is 35.0 Å². The summed E-state index contributed by atoms with van der Waals surface area (Å²) >= 11 is 3.38. The number of hydrogen-bond donors (Lipinski definition) is 2. The minimum absolute atomic E-state index is 0.0363. The van der Waals surface area contributed by atoms with Crippen LogP contribution < -0.4 is 15.9 Å². The zero-order chi connectivity index (χ0) is 19.4. The van der Waals surface area contributed by atoms with E-state index in [1.165, 1.54) is 19.2 Å². The molecule has 3 aromatic rings. The van der Waals surface area contributed by atoms with E-state index in [-0.39, 0.29) is 23.8 Å². The first-order valence-corrected chi connectivity index (χ1v) is 8.85. The molecule has 6 nitrogen and oxygen atoms in total. The van der Waals surface area contributed by atoms with E-state index in [2.05, 4.69) is 21.1 Å². The molecule has 0 saturated heterocycles. The lowest BCUT2D eigenvalue weighted by Crippen LogP contribution is -2.41. The topological polar surface area (TPSA) is 96.1 Å². The van der Waals surface area contributed by atoms with E-state index in [1.807, 2.05) is 24.3 Å². The number of aromatic nitrogens is 1. The number of hydrogen-bond acceptors (Lipinski definition) is 5. The largest absolute Gasteiger partial charge is 0.488 e. The molecule has 3 rings (SSSR count). The van der Waals surface area contributed by atoms with Crippen LogP contribution in [0.3, 0.4) is 0 Å². The maximum absolute atomic E-state index is 14.3. The number of halogens is 2. The van der Waals surface area contributed by atoms with Crippen molar-refractivity contribution in [2.24, 2.45) is 0 Å². The fraction of sp³-hybridized carbons (Fsp3) is 0.158. The highest BCUT2D eigenvalue weighted by Gasteiger charge is 2.22. The zero-order valence-corrected chi connectivity index (χ0v) is 16.1. The van der Waals surface area contributed by atoms with Crippen molar-refractivity contribution in [2.75, 3.05) is 26.1 Å². The highest BCUT2D eigenvalue weighted by Crippen LogP contribution is 2.27. The van der Waals surface area contributed by atoms with Crippen LogP contribution in [0, 0.1) is 5.82 Å². The quantitative estimate of drug-likeness (QED) is 0.338. The van der Waals surface area contributed by atoms with Crippen LogP contribution in [0.2, 0.25) is 0 Å². The molecular weight excluding hydrogens is 417 g/mol. The van der Waals surface area contributed by atoms with Crippen molar-refractivity contribution in [1.29, 1.82) is 0 Å². The molecule has 0 amide bonds. The van der Waals surface area contributed by atoms with Crippen molar-refractivity contribution in [3.63, 3.8) is 0 Å². The van der Waals surface area contributed by atoms with Crippen LogP contribution in [0.1, 0.15) is 11.3 Å². The summed E-state index contributed by atoms with van der Waals surface area (Å²) in [6.07, 6.45) is 0. The Morgan fingerprint density at radius 1 is 1.22 bits per heavy atom. The number of nitrogen functional groups attached to an aromatic ring is 1. The number of benzene rings is 2. The third-order valence-electron chi connectivity index (χ3n) is 3.85. The summed E-state index contributed by atoms with van der Waals surface area (Å²) in [6, 6.07) is 11.9. The zero-order valence-electron chi connectivity index (χ0n) is 14.5. The fourth-order valence-corrected chi connectivity index (χ4v) is 2.70. The molecule has 0 atom stereocenters. The van der Waals surface area contributed by atoms with Crippen molar-refractivity contribution < 1.29 is 23.8 Å². The molecule has 4 N–H and O–H groups in total. The Labute approximate surface area is 163 Å². The Morgan fingerprint density at radius 2 is 1.96 bits per heavy atom. The summed E-state index contributed by atoms with van der Waals surface area (Å²) in [4.78, 5) is 0. The van der Waals surface area contributed by atoms with Gasteiger partial charge in [0.1, 0.15) is 12.3 Å². The number of nitrogens with two attached hydrogens (primary N) is 2. The number of anilines is 1. The first-order valence-electron chi connectivity index (χ1n) is 8.06. The Hall–Kier alpha value is -2.71. The molecule has 0 aliphatic heterocycles. The predicted molar refractivity (Wildman–Crippen MR) is 103 cm³/mol. The minimum atomic E-state index is -0.578. The Bertz CT molecular complexity index is 957. The van der Waals surface area contributed by atoms with Crippen LogP contribution in [-0.4, -0.2) is 31.2 Å². The van der Waals surface area contributed by atoms with Crippen molar-refractivity contribution in [3.8, 4) is 17.0 Å². The summed E-state index contributed by atoms with van der Waals surface area (Å²) in [7, 11) is 1.53. The monoisotopic (exact) mass is 434 g/mol. The van der Waals surface area contributed by atoms with E-state index < -0.39 is 5.82 Å². The third kappa shape index (κ3) is 4.35.